The highest BCUT2D eigenvalue weighted by Gasteiger charge is 2.10. The second-order valence-corrected chi connectivity index (χ2v) is 6.27. The molecular weight excluding hydrogens is 336 g/mol. The topological polar surface area (TPSA) is 79.4 Å². The summed E-state index contributed by atoms with van der Waals surface area (Å²) in [5, 5.41) is 5.50. The molecule has 0 saturated heterocycles. The van der Waals surface area contributed by atoms with Crippen LogP contribution in [0.2, 0.25) is 0 Å². The molecule has 6 nitrogen and oxygen atoms in total. The van der Waals surface area contributed by atoms with Gasteiger partial charge in [-0.2, -0.15) is 0 Å². The molecule has 0 bridgehead atoms. The van der Waals surface area contributed by atoms with Gasteiger partial charge in [-0.25, -0.2) is 15.0 Å². The van der Waals surface area contributed by atoms with Crippen LogP contribution in [0, 0.1) is 0 Å². The summed E-state index contributed by atoms with van der Waals surface area (Å²) < 4.78 is 0. The molecule has 0 saturated carbocycles. The number of nitrogens with zero attached hydrogens (tertiary/aromatic N) is 4. The first-order valence-electron chi connectivity index (χ1n) is 8.68. The Hall–Kier alpha value is -3.80. The van der Waals surface area contributed by atoms with E-state index in [1.165, 1.54) is 0 Å². The highest BCUT2D eigenvalue weighted by atomic mass is 15.0. The Morgan fingerprint density at radius 2 is 1.81 bits per heavy atom. The van der Waals surface area contributed by atoms with Crippen molar-refractivity contribution in [3.63, 3.8) is 0 Å². The molecule has 0 unspecified atom stereocenters. The molecule has 0 radical (unpaired) electrons. The first kappa shape index (κ1) is 15.5. The lowest BCUT2D eigenvalue weighted by molar-refractivity contribution is 1.09. The van der Waals surface area contributed by atoms with Crippen LogP contribution in [0.4, 0.5) is 5.82 Å². The van der Waals surface area contributed by atoms with Gasteiger partial charge in [0.25, 0.3) is 0 Å². The summed E-state index contributed by atoms with van der Waals surface area (Å²) in [7, 11) is 0. The number of fused-ring (bicyclic) bond motifs is 2. The third-order valence-corrected chi connectivity index (χ3v) is 4.61. The van der Waals surface area contributed by atoms with E-state index in [-0.39, 0.29) is 0 Å². The van der Waals surface area contributed by atoms with Gasteiger partial charge in [-0.15, -0.1) is 0 Å². The summed E-state index contributed by atoms with van der Waals surface area (Å²) >= 11 is 0. The fourth-order valence-corrected chi connectivity index (χ4v) is 3.25. The molecule has 6 heteroatoms. The van der Waals surface area contributed by atoms with Crippen molar-refractivity contribution in [2.75, 3.05) is 5.32 Å². The molecule has 0 aliphatic heterocycles. The molecule has 5 aromatic rings. The van der Waals surface area contributed by atoms with E-state index >= 15 is 0 Å². The van der Waals surface area contributed by atoms with E-state index in [9.17, 15) is 0 Å². The van der Waals surface area contributed by atoms with E-state index in [1.807, 2.05) is 30.5 Å². The maximum atomic E-state index is 4.45. The smallest absolute Gasteiger partial charge is 0.137 e. The Kier molecular flexibility index (Phi) is 3.72. The van der Waals surface area contributed by atoms with Crippen molar-refractivity contribution >= 4 is 27.8 Å². The fourth-order valence-electron chi connectivity index (χ4n) is 3.25. The van der Waals surface area contributed by atoms with Gasteiger partial charge in [0.1, 0.15) is 17.8 Å². The third-order valence-electron chi connectivity index (χ3n) is 4.61. The van der Waals surface area contributed by atoms with Crippen molar-refractivity contribution in [2.45, 2.75) is 6.54 Å². The molecule has 0 amide bonds. The Balaban J connectivity index is 1.56. The molecule has 130 valence electrons. The minimum atomic E-state index is 0.676. The zero-order chi connectivity index (χ0) is 18.1. The van der Waals surface area contributed by atoms with E-state index in [4.69, 9.17) is 0 Å². The number of aromatic nitrogens is 5. The van der Waals surface area contributed by atoms with Crippen molar-refractivity contribution in [3.05, 3.63) is 79.1 Å². The predicted molar refractivity (Wildman–Crippen MR) is 106 cm³/mol. The van der Waals surface area contributed by atoms with E-state index in [0.29, 0.717) is 6.54 Å². The summed E-state index contributed by atoms with van der Waals surface area (Å²) in [4.78, 5) is 20.5. The number of rotatable bonds is 4. The molecule has 0 fully saturated rings. The first-order chi connectivity index (χ1) is 13.4. The number of benzene rings is 1. The van der Waals surface area contributed by atoms with Gasteiger partial charge >= 0.3 is 0 Å². The van der Waals surface area contributed by atoms with Gasteiger partial charge in [-0.1, -0.05) is 6.07 Å². The molecule has 0 atom stereocenters. The molecule has 27 heavy (non-hydrogen) atoms. The minimum Gasteiger partial charge on any atom is -0.365 e. The van der Waals surface area contributed by atoms with Crippen molar-refractivity contribution < 1.29 is 0 Å². The molecule has 0 spiro atoms. The lowest BCUT2D eigenvalue weighted by atomic mass is 10.0. The van der Waals surface area contributed by atoms with Crippen LogP contribution in [-0.2, 0) is 6.54 Å². The quantitative estimate of drug-likeness (QED) is 0.507. The lowest BCUT2D eigenvalue weighted by Gasteiger charge is -2.09. The number of anilines is 1. The van der Waals surface area contributed by atoms with Gasteiger partial charge in [-0.3, -0.25) is 4.98 Å². The standard InChI is InChI=1S/C21H16N6/c1-2-16-18(12-25-20(16)23-7-1)15-3-4-19-17(10-15)21(27-13-26-19)24-11-14-5-8-22-9-6-14/h1-10,12-13H,11H2,(H,23,25)(H,24,26,27). The number of H-pyrrole nitrogens is 1. The van der Waals surface area contributed by atoms with Crippen LogP contribution in [0.3, 0.4) is 0 Å². The summed E-state index contributed by atoms with van der Waals surface area (Å²) in [6, 6.07) is 14.2. The Morgan fingerprint density at radius 3 is 2.74 bits per heavy atom. The number of hydrogen-bond donors (Lipinski definition) is 2. The second-order valence-electron chi connectivity index (χ2n) is 6.27. The predicted octanol–water partition coefficient (Wildman–Crippen LogP) is 4.18. The van der Waals surface area contributed by atoms with Crippen LogP contribution in [0.25, 0.3) is 33.1 Å². The van der Waals surface area contributed by atoms with Crippen LogP contribution in [0.1, 0.15) is 5.56 Å². The molecular formula is C21H16N6. The lowest BCUT2D eigenvalue weighted by Crippen LogP contribution is -2.02. The molecule has 0 aliphatic carbocycles. The summed E-state index contributed by atoms with van der Waals surface area (Å²) in [6.07, 6.45) is 8.95. The van der Waals surface area contributed by atoms with Gasteiger partial charge in [0, 0.05) is 47.7 Å². The first-order valence-corrected chi connectivity index (χ1v) is 8.68. The van der Waals surface area contributed by atoms with E-state index in [2.05, 4.69) is 48.4 Å². The van der Waals surface area contributed by atoms with Crippen LogP contribution < -0.4 is 5.32 Å². The number of nitrogens with one attached hydrogen (secondary N) is 2. The largest absolute Gasteiger partial charge is 0.365 e. The van der Waals surface area contributed by atoms with Crippen molar-refractivity contribution in [3.8, 4) is 11.1 Å². The molecule has 4 heterocycles. The number of hydrogen-bond acceptors (Lipinski definition) is 5. The summed E-state index contributed by atoms with van der Waals surface area (Å²) in [6.45, 7) is 0.676. The van der Waals surface area contributed by atoms with Crippen molar-refractivity contribution in [1.29, 1.82) is 0 Å². The average Bonchev–Trinajstić information content (AvgIpc) is 3.17. The summed E-state index contributed by atoms with van der Waals surface area (Å²) in [5.74, 6) is 0.816. The molecule has 2 N–H and O–H groups in total. The number of pyridine rings is 2. The molecule has 0 aliphatic rings. The third kappa shape index (κ3) is 2.87. The maximum Gasteiger partial charge on any atom is 0.137 e. The Labute approximate surface area is 155 Å². The van der Waals surface area contributed by atoms with Crippen molar-refractivity contribution in [1.82, 2.24) is 24.9 Å². The van der Waals surface area contributed by atoms with Gasteiger partial charge < -0.3 is 10.3 Å². The average molecular weight is 352 g/mol. The van der Waals surface area contributed by atoms with Crippen molar-refractivity contribution in [2.24, 2.45) is 0 Å². The van der Waals surface area contributed by atoms with E-state index < -0.39 is 0 Å². The zero-order valence-electron chi connectivity index (χ0n) is 14.4. The van der Waals surface area contributed by atoms with E-state index in [0.717, 1.165) is 44.4 Å². The van der Waals surface area contributed by atoms with Crippen LogP contribution in [0.5, 0.6) is 0 Å². The summed E-state index contributed by atoms with van der Waals surface area (Å²) in [5.41, 5.74) is 5.15. The highest BCUT2D eigenvalue weighted by Crippen LogP contribution is 2.31. The molecule has 5 rings (SSSR count). The van der Waals surface area contributed by atoms with Gasteiger partial charge in [-0.05, 0) is 47.5 Å². The molecule has 4 aromatic heterocycles. The Bertz CT molecular complexity index is 1230. The normalized spacial score (nSPS) is 11.1. The minimum absolute atomic E-state index is 0.676. The van der Waals surface area contributed by atoms with Crippen LogP contribution in [0.15, 0.2) is 73.6 Å². The maximum absolute atomic E-state index is 4.45. The second kappa shape index (κ2) is 6.49. The SMILES string of the molecule is c1cnc2[nH]cc(-c3ccc4ncnc(NCc5ccncc5)c4c3)c2c1. The zero-order valence-corrected chi connectivity index (χ0v) is 14.4. The van der Waals surface area contributed by atoms with E-state index in [1.54, 1.807) is 24.9 Å². The van der Waals surface area contributed by atoms with Gasteiger partial charge in [0.15, 0.2) is 0 Å². The fraction of sp³-hybridized carbons (Fsp3) is 0.0476. The van der Waals surface area contributed by atoms with Crippen LogP contribution in [-0.4, -0.2) is 24.9 Å². The number of aromatic amines is 1. The van der Waals surface area contributed by atoms with Gasteiger partial charge in [0.2, 0.25) is 0 Å². The van der Waals surface area contributed by atoms with Crippen LogP contribution >= 0.6 is 0 Å². The highest BCUT2D eigenvalue weighted by molar-refractivity contribution is 5.98. The Morgan fingerprint density at radius 1 is 0.889 bits per heavy atom. The van der Waals surface area contributed by atoms with Gasteiger partial charge in [0.05, 0.1) is 5.52 Å². The monoisotopic (exact) mass is 352 g/mol. The molecule has 1 aromatic carbocycles.